The predicted octanol–water partition coefficient (Wildman–Crippen LogP) is 5.87. The van der Waals surface area contributed by atoms with Crippen LogP contribution in [0.15, 0.2) is 36.4 Å². The summed E-state index contributed by atoms with van der Waals surface area (Å²) < 4.78 is 12.1. The van der Waals surface area contributed by atoms with E-state index in [0.717, 1.165) is 68.7 Å². The fourth-order valence-electron chi connectivity index (χ4n) is 12.7. The summed E-state index contributed by atoms with van der Waals surface area (Å²) in [5.74, 6) is 4.18. The number of carbonyl (C=O) groups is 4. The summed E-state index contributed by atoms with van der Waals surface area (Å²) in [6, 6.07) is 11.0. The molecular weight excluding hydrogens is 681 g/mol. The molecule has 0 unspecified atom stereocenters. The largest absolute Gasteiger partial charge is 0.461 e. The zero-order valence-electron chi connectivity index (χ0n) is 32.4. The highest BCUT2D eigenvalue weighted by molar-refractivity contribution is 5.98. The van der Waals surface area contributed by atoms with Crippen molar-refractivity contribution in [2.45, 2.75) is 116 Å². The predicted molar refractivity (Wildman–Crippen MR) is 204 cm³/mol. The molecule has 54 heavy (non-hydrogen) atoms. The molecule has 6 aliphatic rings. The van der Waals surface area contributed by atoms with Crippen LogP contribution >= 0.6 is 0 Å². The molecule has 10 nitrogen and oxygen atoms in total. The van der Waals surface area contributed by atoms with Crippen molar-refractivity contribution < 1.29 is 28.7 Å². The molecule has 2 amide bonds. The number of amides is 2. The lowest BCUT2D eigenvalue weighted by Gasteiger charge is -2.63. The van der Waals surface area contributed by atoms with Gasteiger partial charge in [-0.05, 0) is 105 Å². The Hall–Kier alpha value is -3.97. The summed E-state index contributed by atoms with van der Waals surface area (Å²) in [6.45, 7) is 10.9. The summed E-state index contributed by atoms with van der Waals surface area (Å²) in [6.07, 6.45) is 15.1. The van der Waals surface area contributed by atoms with Gasteiger partial charge < -0.3 is 19.3 Å². The van der Waals surface area contributed by atoms with Crippen molar-refractivity contribution in [1.29, 1.82) is 0 Å². The second-order valence-corrected chi connectivity index (χ2v) is 17.8. The fourth-order valence-corrected chi connectivity index (χ4v) is 12.7. The molecule has 2 aliphatic heterocycles. The Bertz CT molecular complexity index is 1870. The van der Waals surface area contributed by atoms with Gasteiger partial charge in [-0.3, -0.25) is 24.1 Å². The van der Waals surface area contributed by atoms with Gasteiger partial charge >= 0.3 is 11.9 Å². The number of pyridine rings is 1. The molecular formula is C44H56N4O6. The van der Waals surface area contributed by atoms with Crippen LogP contribution in [0.5, 0.6) is 0 Å². The zero-order chi connectivity index (χ0) is 38.0. The Morgan fingerprint density at radius 1 is 0.870 bits per heavy atom. The van der Waals surface area contributed by atoms with Crippen molar-refractivity contribution in [3.8, 4) is 12.3 Å². The molecule has 288 valence electrons. The Morgan fingerprint density at radius 3 is 2.37 bits per heavy atom. The number of ether oxygens (including phenoxy) is 2. The smallest absolute Gasteiger partial charge is 0.304 e. The van der Waals surface area contributed by atoms with E-state index in [0.29, 0.717) is 68.5 Å². The highest BCUT2D eigenvalue weighted by Crippen LogP contribution is 2.69. The van der Waals surface area contributed by atoms with Gasteiger partial charge in [-0.2, -0.15) is 0 Å². The summed E-state index contributed by atoms with van der Waals surface area (Å²) in [5.41, 5.74) is 0.142. The van der Waals surface area contributed by atoms with Crippen molar-refractivity contribution in [1.82, 2.24) is 19.7 Å². The lowest BCUT2D eigenvalue weighted by molar-refractivity contribution is -0.186. The van der Waals surface area contributed by atoms with Crippen LogP contribution < -0.4 is 0 Å². The van der Waals surface area contributed by atoms with Crippen molar-refractivity contribution in [2.24, 2.45) is 34.5 Å². The molecule has 6 fully saturated rings. The number of benzene rings is 1. The lowest BCUT2D eigenvalue weighted by atomic mass is 9.44. The maximum Gasteiger partial charge on any atom is 0.304 e. The highest BCUT2D eigenvalue weighted by atomic mass is 16.6. The number of carbonyl (C=O) groups excluding carboxylic acids is 4. The molecule has 10 heteroatoms. The molecule has 10 atom stereocenters. The van der Waals surface area contributed by atoms with Gasteiger partial charge in [0.15, 0.2) is 5.60 Å². The fraction of sp³-hybridized carbons (Fsp3) is 0.659. The Morgan fingerprint density at radius 2 is 1.63 bits per heavy atom. The first-order chi connectivity index (χ1) is 25.9. The molecule has 8 rings (SSSR count). The van der Waals surface area contributed by atoms with Crippen molar-refractivity contribution in [2.75, 3.05) is 32.7 Å². The van der Waals surface area contributed by atoms with E-state index >= 15 is 0 Å². The van der Waals surface area contributed by atoms with E-state index in [-0.39, 0.29) is 46.7 Å². The Balaban J connectivity index is 0.962. The van der Waals surface area contributed by atoms with E-state index < -0.39 is 11.6 Å². The summed E-state index contributed by atoms with van der Waals surface area (Å²) in [7, 11) is 0. The quantitative estimate of drug-likeness (QED) is 0.277. The van der Waals surface area contributed by atoms with Gasteiger partial charge in [0, 0.05) is 63.4 Å². The average Bonchev–Trinajstić information content (AvgIpc) is 3.76. The number of para-hydroxylation sites is 1. The minimum absolute atomic E-state index is 0.0160. The van der Waals surface area contributed by atoms with Gasteiger partial charge in [0.25, 0.3) is 5.91 Å². The Kier molecular flexibility index (Phi) is 9.56. The topological polar surface area (TPSA) is 109 Å². The molecule has 0 spiro atoms. The second kappa shape index (κ2) is 14.0. The maximum atomic E-state index is 14.1. The molecule has 3 heterocycles. The number of hydrogen-bond acceptors (Lipinski definition) is 8. The van der Waals surface area contributed by atoms with Crippen LogP contribution in [0.3, 0.4) is 0 Å². The van der Waals surface area contributed by atoms with Crippen LogP contribution in [-0.2, 0) is 23.9 Å². The molecule has 4 saturated carbocycles. The summed E-state index contributed by atoms with van der Waals surface area (Å²) in [4.78, 5) is 63.3. The van der Waals surface area contributed by atoms with Gasteiger partial charge in [0.1, 0.15) is 17.8 Å². The summed E-state index contributed by atoms with van der Waals surface area (Å²) >= 11 is 0. The number of fused-ring (bicyclic) bond motifs is 6. The van der Waals surface area contributed by atoms with Crippen molar-refractivity contribution in [3.63, 3.8) is 0 Å². The first kappa shape index (κ1) is 37.0. The first-order valence-electron chi connectivity index (χ1n) is 20.4. The van der Waals surface area contributed by atoms with E-state index in [1.54, 1.807) is 11.0 Å². The van der Waals surface area contributed by atoms with Gasteiger partial charge in [0.2, 0.25) is 5.91 Å². The Labute approximate surface area is 319 Å². The van der Waals surface area contributed by atoms with E-state index in [9.17, 15) is 19.2 Å². The van der Waals surface area contributed by atoms with Crippen LogP contribution in [0.25, 0.3) is 10.9 Å². The van der Waals surface area contributed by atoms with E-state index in [4.69, 9.17) is 15.9 Å². The molecule has 2 saturated heterocycles. The molecule has 0 radical (unpaired) electrons. The third kappa shape index (κ3) is 6.00. The van der Waals surface area contributed by atoms with Crippen LogP contribution in [0.2, 0.25) is 0 Å². The van der Waals surface area contributed by atoms with E-state index in [1.165, 1.54) is 13.8 Å². The lowest BCUT2D eigenvalue weighted by Crippen LogP contribution is -2.63. The average molecular weight is 737 g/mol. The number of hydrogen-bond donors (Lipinski definition) is 0. The van der Waals surface area contributed by atoms with Gasteiger partial charge in [-0.1, -0.05) is 44.0 Å². The molecule has 0 bridgehead atoms. The minimum atomic E-state index is -0.838. The molecule has 1 aromatic heterocycles. The standard InChI is InChI=1S/C44H56N4O6/c1-6-44(54-29(3)50)20-18-34-32-15-14-31-26-39(53-28(2)49)38(27-42(31,4)33(32)17-19-43(34,44)5)46-22-24-47(25-23-46)41(52)37-12-9-21-48(37)40(51)36-16-13-30-10-7-8-11-35(30)45-36/h1,7-8,10-11,13,16,31-34,37-39H,9,12,14-15,17-27H2,2-5H3/t31-,32+,33-,34-,37-,38-,39-,42-,43-,44-/m0/s1. The number of rotatable bonds is 5. The van der Waals surface area contributed by atoms with Gasteiger partial charge in [-0.15, -0.1) is 6.42 Å². The van der Waals surface area contributed by atoms with Crippen LogP contribution in [0.4, 0.5) is 0 Å². The number of terminal acetylenes is 1. The van der Waals surface area contributed by atoms with E-state index in [2.05, 4.69) is 29.7 Å². The number of esters is 2. The SMILES string of the molecule is C#C[C@]1(OC(C)=O)CC[C@H]2[C@@H]3CC[C@H]4C[C@H](OC(C)=O)[C@@H](N5CCN(C(=O)[C@@H]6CCCN6C(=O)c6ccc7ccccc7n6)CC5)C[C@]4(C)[C@H]3CC[C@@]21C. The van der Waals surface area contributed by atoms with Crippen molar-refractivity contribution >= 4 is 34.7 Å². The third-order valence-corrected chi connectivity index (χ3v) is 15.4. The van der Waals surface area contributed by atoms with Crippen molar-refractivity contribution in [3.05, 3.63) is 42.1 Å². The van der Waals surface area contributed by atoms with Gasteiger partial charge in [0.05, 0.1) is 5.52 Å². The monoisotopic (exact) mass is 736 g/mol. The molecule has 1 aromatic carbocycles. The third-order valence-electron chi connectivity index (χ3n) is 15.4. The first-order valence-corrected chi connectivity index (χ1v) is 20.4. The van der Waals surface area contributed by atoms with Crippen LogP contribution in [-0.4, -0.2) is 99.9 Å². The normalized spacial score (nSPS) is 37.8. The van der Waals surface area contributed by atoms with Crippen LogP contribution in [0, 0.1) is 46.8 Å². The second-order valence-electron chi connectivity index (χ2n) is 17.8. The summed E-state index contributed by atoms with van der Waals surface area (Å²) in [5, 5.41) is 0.977. The number of aromatic nitrogens is 1. The van der Waals surface area contributed by atoms with Crippen LogP contribution in [0.1, 0.15) is 102 Å². The zero-order valence-corrected chi connectivity index (χ0v) is 32.4. The number of nitrogens with zero attached hydrogens (tertiary/aromatic N) is 4. The maximum absolute atomic E-state index is 14.1. The molecule has 4 aliphatic carbocycles. The minimum Gasteiger partial charge on any atom is -0.461 e. The molecule has 0 N–H and O–H groups in total. The van der Waals surface area contributed by atoms with Gasteiger partial charge in [-0.25, -0.2) is 4.98 Å². The van der Waals surface area contributed by atoms with E-state index in [1.807, 2.05) is 35.2 Å². The number of likely N-dealkylation sites (tertiary alicyclic amines) is 1. The highest BCUT2D eigenvalue weighted by Gasteiger charge is 2.67. The number of piperazine rings is 1. The molecule has 2 aromatic rings.